The van der Waals surface area contributed by atoms with E-state index >= 15 is 0 Å². The van der Waals surface area contributed by atoms with Crippen LogP contribution >= 0.6 is 11.6 Å². The Labute approximate surface area is 146 Å². The van der Waals surface area contributed by atoms with E-state index in [1.807, 2.05) is 27.7 Å². The molecule has 1 unspecified atom stereocenters. The summed E-state index contributed by atoms with van der Waals surface area (Å²) in [7, 11) is 0. The summed E-state index contributed by atoms with van der Waals surface area (Å²) in [6, 6.07) is 6.83. The lowest BCUT2D eigenvalue weighted by Crippen LogP contribution is -2.46. The number of ketones is 1. The summed E-state index contributed by atoms with van der Waals surface area (Å²) in [5, 5.41) is 19.5. The van der Waals surface area contributed by atoms with Crippen LogP contribution in [0.4, 0.5) is 0 Å². The fourth-order valence-corrected chi connectivity index (χ4v) is 1.94. The van der Waals surface area contributed by atoms with E-state index in [1.165, 1.54) is 0 Å². The summed E-state index contributed by atoms with van der Waals surface area (Å²) in [4.78, 5) is 31.2. The second-order valence-electron chi connectivity index (χ2n) is 6.00. The van der Waals surface area contributed by atoms with Crippen LogP contribution in [0.1, 0.15) is 38.1 Å². The number of carbonyl (C=O) groups is 3. The Morgan fingerprint density at radius 1 is 1.12 bits per heavy atom. The molecule has 0 amide bonds. The second-order valence-corrected chi connectivity index (χ2v) is 6.44. The molecule has 0 aliphatic carbocycles. The van der Waals surface area contributed by atoms with Crippen LogP contribution in [-0.2, 0) is 9.59 Å². The molecule has 0 fully saturated rings. The lowest BCUT2D eigenvalue weighted by atomic mass is 10.0. The van der Waals surface area contributed by atoms with Crippen molar-refractivity contribution in [2.24, 2.45) is 0 Å². The van der Waals surface area contributed by atoms with Gasteiger partial charge in [-0.1, -0.05) is 23.7 Å². The van der Waals surface area contributed by atoms with Gasteiger partial charge in [0, 0.05) is 28.3 Å². The molecule has 0 aliphatic heterocycles. The second kappa shape index (κ2) is 9.85. The maximum atomic E-state index is 12.1. The largest absolute Gasteiger partial charge is 0.478 e. The van der Waals surface area contributed by atoms with Gasteiger partial charge in [0.05, 0.1) is 6.04 Å². The van der Waals surface area contributed by atoms with Crippen molar-refractivity contribution in [2.45, 2.75) is 39.3 Å². The molecule has 1 atom stereocenters. The summed E-state index contributed by atoms with van der Waals surface area (Å²) in [6.07, 6.45) is 1.12. The number of carboxylic acids is 2. The van der Waals surface area contributed by atoms with Gasteiger partial charge in [0.1, 0.15) is 0 Å². The van der Waals surface area contributed by atoms with Crippen molar-refractivity contribution in [3.05, 3.63) is 47.0 Å². The molecule has 1 aromatic rings. The number of aliphatic carboxylic acids is 2. The van der Waals surface area contributed by atoms with E-state index in [0.29, 0.717) is 22.7 Å². The van der Waals surface area contributed by atoms with E-state index in [1.54, 1.807) is 24.3 Å². The number of hydrogen-bond donors (Lipinski definition) is 3. The van der Waals surface area contributed by atoms with Gasteiger partial charge in [-0.25, -0.2) is 9.59 Å². The van der Waals surface area contributed by atoms with Crippen molar-refractivity contribution in [3.63, 3.8) is 0 Å². The van der Waals surface area contributed by atoms with Crippen LogP contribution in [0.3, 0.4) is 0 Å². The smallest absolute Gasteiger partial charge is 0.328 e. The van der Waals surface area contributed by atoms with E-state index in [2.05, 4.69) is 5.32 Å². The van der Waals surface area contributed by atoms with Gasteiger partial charge >= 0.3 is 11.9 Å². The number of hydrogen-bond acceptors (Lipinski definition) is 4. The average Bonchev–Trinajstić information content (AvgIpc) is 2.43. The lowest BCUT2D eigenvalue weighted by molar-refractivity contribution is -0.134. The first-order valence-electron chi connectivity index (χ1n) is 7.14. The van der Waals surface area contributed by atoms with Crippen LogP contribution < -0.4 is 5.32 Å². The first-order chi connectivity index (χ1) is 10.9. The number of carboxylic acid groups (broad SMARTS) is 2. The van der Waals surface area contributed by atoms with Crippen LogP contribution in [0.15, 0.2) is 36.4 Å². The molecule has 1 rings (SSSR count). The van der Waals surface area contributed by atoms with Crippen molar-refractivity contribution in [2.75, 3.05) is 0 Å². The molecule has 24 heavy (non-hydrogen) atoms. The summed E-state index contributed by atoms with van der Waals surface area (Å²) >= 11 is 5.85. The van der Waals surface area contributed by atoms with Crippen LogP contribution in [-0.4, -0.2) is 39.5 Å². The minimum Gasteiger partial charge on any atom is -0.478 e. The summed E-state index contributed by atoms with van der Waals surface area (Å²) in [6.45, 7) is 7.98. The fourth-order valence-electron chi connectivity index (χ4n) is 1.75. The summed E-state index contributed by atoms with van der Waals surface area (Å²) < 4.78 is 0. The van der Waals surface area contributed by atoms with Crippen LogP contribution in [0, 0.1) is 0 Å². The molecule has 0 aliphatic rings. The Hall–Kier alpha value is -2.18. The molecule has 0 radical (unpaired) electrons. The van der Waals surface area contributed by atoms with E-state index in [9.17, 15) is 14.4 Å². The topological polar surface area (TPSA) is 104 Å². The molecule has 0 spiro atoms. The number of carbonyl (C=O) groups excluding carboxylic acids is 1. The van der Waals surface area contributed by atoms with Gasteiger partial charge in [-0.05, 0) is 39.8 Å². The average molecular weight is 356 g/mol. The zero-order valence-electron chi connectivity index (χ0n) is 14.0. The molecule has 0 aromatic heterocycles. The third-order valence-corrected chi connectivity index (χ3v) is 2.76. The first-order valence-corrected chi connectivity index (χ1v) is 7.51. The molecule has 0 heterocycles. The molecule has 3 N–H and O–H groups in total. The summed E-state index contributed by atoms with van der Waals surface area (Å²) in [5.41, 5.74) is 0.574. The predicted molar refractivity (Wildman–Crippen MR) is 92.5 cm³/mol. The molecule has 6 nitrogen and oxygen atoms in total. The molecule has 1 aromatic carbocycles. The standard InChI is InChI=1S/C13H18ClNO.C4H4O4/c1-9(15-13(2,3)4)12(16)10-6-5-7-11(14)8-10;5-3(6)1-2-4(7)8/h5-9,15H,1-4H3;1-2H,(H,5,6)(H,7,8)/b;2-1-. The Kier molecular flexibility index (Phi) is 8.95. The maximum Gasteiger partial charge on any atom is 0.328 e. The predicted octanol–water partition coefficient (Wildman–Crippen LogP) is 3.01. The van der Waals surface area contributed by atoms with E-state index in [0.717, 1.165) is 0 Å². The molecular weight excluding hydrogens is 334 g/mol. The zero-order valence-corrected chi connectivity index (χ0v) is 14.8. The van der Waals surface area contributed by atoms with Crippen LogP contribution in [0.25, 0.3) is 0 Å². The Morgan fingerprint density at radius 2 is 1.62 bits per heavy atom. The molecule has 0 saturated carbocycles. The van der Waals surface area contributed by atoms with Crippen molar-refractivity contribution in [3.8, 4) is 0 Å². The molecule has 0 bridgehead atoms. The van der Waals surface area contributed by atoms with Crippen molar-refractivity contribution in [1.29, 1.82) is 0 Å². The highest BCUT2D eigenvalue weighted by atomic mass is 35.5. The Morgan fingerprint density at radius 3 is 2.00 bits per heavy atom. The van der Waals surface area contributed by atoms with Gasteiger partial charge in [-0.15, -0.1) is 0 Å². The van der Waals surface area contributed by atoms with E-state index < -0.39 is 11.9 Å². The lowest BCUT2D eigenvalue weighted by Gasteiger charge is -2.25. The van der Waals surface area contributed by atoms with E-state index in [4.69, 9.17) is 21.8 Å². The van der Waals surface area contributed by atoms with Crippen LogP contribution in [0.5, 0.6) is 0 Å². The van der Waals surface area contributed by atoms with E-state index in [-0.39, 0.29) is 17.4 Å². The minimum atomic E-state index is -1.26. The maximum absolute atomic E-state index is 12.1. The monoisotopic (exact) mass is 355 g/mol. The Bertz CT molecular complexity index is 604. The molecule has 0 saturated heterocycles. The molecular formula is C17H22ClNO5. The number of halogens is 1. The van der Waals surface area contributed by atoms with Gasteiger partial charge in [0.2, 0.25) is 0 Å². The van der Waals surface area contributed by atoms with Crippen molar-refractivity contribution >= 4 is 29.3 Å². The van der Waals surface area contributed by atoms with Crippen molar-refractivity contribution < 1.29 is 24.6 Å². The highest BCUT2D eigenvalue weighted by Crippen LogP contribution is 2.13. The van der Waals surface area contributed by atoms with Gasteiger partial charge < -0.3 is 15.5 Å². The van der Waals surface area contributed by atoms with Crippen LogP contribution in [0.2, 0.25) is 5.02 Å². The number of rotatable bonds is 5. The SMILES string of the molecule is CC(NC(C)(C)C)C(=O)c1cccc(Cl)c1.O=C(O)/C=C\C(=O)O. The Balaban J connectivity index is 0.000000561. The van der Waals surface area contributed by atoms with Gasteiger partial charge in [-0.3, -0.25) is 4.79 Å². The highest BCUT2D eigenvalue weighted by Gasteiger charge is 2.20. The fraction of sp³-hybridized carbons (Fsp3) is 0.353. The quantitative estimate of drug-likeness (QED) is 0.554. The zero-order chi connectivity index (χ0) is 18.9. The number of benzene rings is 1. The molecule has 132 valence electrons. The van der Waals surface area contributed by atoms with Gasteiger partial charge in [-0.2, -0.15) is 0 Å². The normalized spacial score (nSPS) is 12.2. The number of Topliss-reactive ketones (excluding diaryl/α,β-unsaturated/α-hetero) is 1. The van der Waals surface area contributed by atoms with Gasteiger partial charge in [0.25, 0.3) is 0 Å². The third-order valence-electron chi connectivity index (χ3n) is 2.52. The van der Waals surface area contributed by atoms with Crippen molar-refractivity contribution in [1.82, 2.24) is 5.32 Å². The third kappa shape index (κ3) is 10.5. The first kappa shape index (κ1) is 21.8. The number of nitrogens with one attached hydrogen (secondary N) is 1. The van der Waals surface area contributed by atoms with Gasteiger partial charge in [0.15, 0.2) is 5.78 Å². The summed E-state index contributed by atoms with van der Waals surface area (Å²) in [5.74, 6) is -2.45. The molecule has 7 heteroatoms. The minimum absolute atomic E-state index is 0.0671. The highest BCUT2D eigenvalue weighted by molar-refractivity contribution is 6.31.